The molecule has 0 aliphatic heterocycles. The van der Waals surface area contributed by atoms with E-state index in [4.69, 9.17) is 0 Å². The Kier molecular flexibility index (Phi) is 6.26. The summed E-state index contributed by atoms with van der Waals surface area (Å²) in [4.78, 5) is 0. The number of aryl methyl sites for hydroxylation is 2. The molecule has 1 unspecified atom stereocenters. The zero-order chi connectivity index (χ0) is 15.4. The quantitative estimate of drug-likeness (QED) is 0.562. The summed E-state index contributed by atoms with van der Waals surface area (Å²) in [5.74, 6) is 0. The molecule has 112 valence electrons. The fourth-order valence-electron chi connectivity index (χ4n) is 2.38. The minimum absolute atomic E-state index is 0.230. The fourth-order valence-corrected chi connectivity index (χ4v) is 3.37. The number of rotatable bonds is 5. The molecule has 2 rings (SSSR count). The number of nitrogens with one attached hydrogen (secondary N) is 1. The molecule has 0 saturated heterocycles. The number of benzene rings is 2. The van der Waals surface area contributed by atoms with Crippen LogP contribution in [0.2, 0.25) is 0 Å². The van der Waals surface area contributed by atoms with Crippen LogP contribution in [0, 0.1) is 17.4 Å². The SMILES string of the molecule is CCCNC(c1ccc(C)c(C)c1)c1cc(I)ccc1Br. The maximum atomic E-state index is 3.71. The third-order valence-electron chi connectivity index (χ3n) is 3.73. The molecule has 1 N–H and O–H groups in total. The molecule has 0 aromatic heterocycles. The van der Waals surface area contributed by atoms with E-state index in [9.17, 15) is 0 Å². The van der Waals surface area contributed by atoms with Crippen LogP contribution in [-0.4, -0.2) is 6.54 Å². The van der Waals surface area contributed by atoms with Gasteiger partial charge in [0.05, 0.1) is 6.04 Å². The van der Waals surface area contributed by atoms with E-state index in [1.165, 1.54) is 25.8 Å². The highest BCUT2D eigenvalue weighted by Crippen LogP contribution is 2.31. The Morgan fingerprint density at radius 2 is 1.86 bits per heavy atom. The van der Waals surface area contributed by atoms with E-state index < -0.39 is 0 Å². The number of hydrogen-bond acceptors (Lipinski definition) is 1. The Bertz CT molecular complexity index is 625. The Morgan fingerprint density at radius 3 is 2.52 bits per heavy atom. The molecule has 0 heterocycles. The van der Waals surface area contributed by atoms with Gasteiger partial charge in [0, 0.05) is 8.04 Å². The zero-order valence-corrected chi connectivity index (χ0v) is 16.5. The van der Waals surface area contributed by atoms with Gasteiger partial charge in [0.1, 0.15) is 0 Å². The van der Waals surface area contributed by atoms with Gasteiger partial charge in [0.2, 0.25) is 0 Å². The van der Waals surface area contributed by atoms with E-state index in [1.54, 1.807) is 0 Å². The van der Waals surface area contributed by atoms with Crippen molar-refractivity contribution in [3.8, 4) is 0 Å². The molecule has 0 aliphatic rings. The van der Waals surface area contributed by atoms with E-state index in [2.05, 4.69) is 101 Å². The van der Waals surface area contributed by atoms with Crippen LogP contribution < -0.4 is 5.32 Å². The van der Waals surface area contributed by atoms with E-state index in [0.717, 1.165) is 17.4 Å². The molecular formula is C18H21BrIN. The number of hydrogen-bond donors (Lipinski definition) is 1. The van der Waals surface area contributed by atoms with E-state index in [1.807, 2.05) is 0 Å². The summed E-state index contributed by atoms with van der Waals surface area (Å²) in [5, 5.41) is 3.68. The molecule has 1 atom stereocenters. The van der Waals surface area contributed by atoms with Crippen molar-refractivity contribution >= 4 is 38.5 Å². The Morgan fingerprint density at radius 1 is 1.10 bits per heavy atom. The first kappa shape index (κ1) is 17.0. The van der Waals surface area contributed by atoms with Crippen molar-refractivity contribution < 1.29 is 0 Å². The van der Waals surface area contributed by atoms with Gasteiger partial charge in [-0.1, -0.05) is 41.1 Å². The minimum Gasteiger partial charge on any atom is -0.306 e. The van der Waals surface area contributed by atoms with E-state index in [-0.39, 0.29) is 6.04 Å². The van der Waals surface area contributed by atoms with Crippen LogP contribution in [0.15, 0.2) is 40.9 Å². The molecule has 1 nitrogen and oxygen atoms in total. The summed E-state index contributed by atoms with van der Waals surface area (Å²) in [6.45, 7) is 7.55. The standard InChI is InChI=1S/C18H21BrIN/c1-4-9-21-18(14-6-5-12(2)13(3)10-14)16-11-15(20)7-8-17(16)19/h5-8,10-11,18,21H,4,9H2,1-3H3. The predicted octanol–water partition coefficient (Wildman–Crippen LogP) is 5.76. The van der Waals surface area contributed by atoms with Crippen LogP contribution in [0.3, 0.4) is 0 Å². The summed E-state index contributed by atoms with van der Waals surface area (Å²) in [7, 11) is 0. The lowest BCUT2D eigenvalue weighted by atomic mass is 9.95. The third-order valence-corrected chi connectivity index (χ3v) is 5.12. The van der Waals surface area contributed by atoms with Gasteiger partial charge in [0.25, 0.3) is 0 Å². The molecule has 21 heavy (non-hydrogen) atoms. The Balaban J connectivity index is 2.46. The predicted molar refractivity (Wildman–Crippen MR) is 103 cm³/mol. The zero-order valence-electron chi connectivity index (χ0n) is 12.7. The molecule has 0 bridgehead atoms. The van der Waals surface area contributed by atoms with Gasteiger partial charge in [0.15, 0.2) is 0 Å². The van der Waals surface area contributed by atoms with Crippen molar-refractivity contribution in [3.63, 3.8) is 0 Å². The van der Waals surface area contributed by atoms with E-state index in [0.29, 0.717) is 0 Å². The average Bonchev–Trinajstić information content (AvgIpc) is 2.46. The molecule has 0 saturated carbocycles. The lowest BCUT2D eigenvalue weighted by Gasteiger charge is -2.22. The first-order valence-corrected chi connectivity index (χ1v) is 9.15. The topological polar surface area (TPSA) is 12.0 Å². The van der Waals surface area contributed by atoms with Crippen LogP contribution in [0.5, 0.6) is 0 Å². The molecule has 2 aromatic carbocycles. The summed E-state index contributed by atoms with van der Waals surface area (Å²) in [5.41, 5.74) is 5.32. The van der Waals surface area contributed by atoms with Crippen molar-refractivity contribution in [2.45, 2.75) is 33.2 Å². The Labute approximate surface area is 149 Å². The lowest BCUT2D eigenvalue weighted by Crippen LogP contribution is -2.23. The first-order valence-electron chi connectivity index (χ1n) is 7.28. The van der Waals surface area contributed by atoms with Crippen molar-refractivity contribution in [2.75, 3.05) is 6.54 Å². The normalized spacial score (nSPS) is 12.4. The molecule has 3 heteroatoms. The summed E-state index contributed by atoms with van der Waals surface area (Å²) >= 11 is 6.09. The van der Waals surface area contributed by atoms with Crippen LogP contribution >= 0.6 is 38.5 Å². The smallest absolute Gasteiger partial charge is 0.0588 e. The van der Waals surface area contributed by atoms with Gasteiger partial charge in [-0.05, 0) is 89.9 Å². The van der Waals surface area contributed by atoms with E-state index >= 15 is 0 Å². The molecule has 0 fully saturated rings. The molecule has 0 aliphatic carbocycles. The molecule has 2 aromatic rings. The van der Waals surface area contributed by atoms with Gasteiger partial charge in [-0.3, -0.25) is 0 Å². The van der Waals surface area contributed by atoms with Crippen LogP contribution in [0.1, 0.15) is 41.6 Å². The highest BCUT2D eigenvalue weighted by molar-refractivity contribution is 14.1. The minimum atomic E-state index is 0.230. The third kappa shape index (κ3) is 4.30. The molecule has 0 spiro atoms. The summed E-state index contributed by atoms with van der Waals surface area (Å²) in [6, 6.07) is 13.5. The molecule has 0 radical (unpaired) electrons. The maximum absolute atomic E-state index is 3.71. The summed E-state index contributed by atoms with van der Waals surface area (Å²) in [6.07, 6.45) is 1.13. The van der Waals surface area contributed by atoms with Gasteiger partial charge < -0.3 is 5.32 Å². The second kappa shape index (κ2) is 7.75. The summed E-state index contributed by atoms with van der Waals surface area (Å²) < 4.78 is 2.42. The van der Waals surface area contributed by atoms with Gasteiger partial charge >= 0.3 is 0 Å². The molecule has 0 amide bonds. The van der Waals surface area contributed by atoms with Crippen molar-refractivity contribution in [2.24, 2.45) is 0 Å². The second-order valence-corrected chi connectivity index (χ2v) is 7.50. The van der Waals surface area contributed by atoms with Crippen molar-refractivity contribution in [1.29, 1.82) is 0 Å². The first-order chi connectivity index (χ1) is 10.0. The Hall–Kier alpha value is -0.390. The van der Waals surface area contributed by atoms with Gasteiger partial charge in [-0.2, -0.15) is 0 Å². The highest BCUT2D eigenvalue weighted by atomic mass is 127. The van der Waals surface area contributed by atoms with Crippen molar-refractivity contribution in [3.05, 3.63) is 66.7 Å². The largest absolute Gasteiger partial charge is 0.306 e. The lowest BCUT2D eigenvalue weighted by molar-refractivity contribution is 0.596. The maximum Gasteiger partial charge on any atom is 0.0588 e. The van der Waals surface area contributed by atoms with Crippen LogP contribution in [0.4, 0.5) is 0 Å². The monoisotopic (exact) mass is 457 g/mol. The van der Waals surface area contributed by atoms with Crippen molar-refractivity contribution in [1.82, 2.24) is 5.32 Å². The highest BCUT2D eigenvalue weighted by Gasteiger charge is 2.17. The second-order valence-electron chi connectivity index (χ2n) is 5.40. The van der Waals surface area contributed by atoms with Gasteiger partial charge in [-0.15, -0.1) is 0 Å². The molecular weight excluding hydrogens is 437 g/mol. The van der Waals surface area contributed by atoms with Crippen LogP contribution in [-0.2, 0) is 0 Å². The van der Waals surface area contributed by atoms with Crippen LogP contribution in [0.25, 0.3) is 0 Å². The van der Waals surface area contributed by atoms with Gasteiger partial charge in [-0.25, -0.2) is 0 Å². The fraction of sp³-hybridized carbons (Fsp3) is 0.333. The average molecular weight is 458 g/mol. The number of halogens is 2.